The van der Waals surface area contributed by atoms with Crippen molar-refractivity contribution in [3.8, 4) is 22.7 Å². The van der Waals surface area contributed by atoms with E-state index < -0.39 is 0 Å². The van der Waals surface area contributed by atoms with Gasteiger partial charge >= 0.3 is 0 Å². The fourth-order valence-electron chi connectivity index (χ4n) is 3.38. The van der Waals surface area contributed by atoms with Crippen molar-refractivity contribution in [1.82, 2.24) is 19.7 Å². The second-order valence-electron chi connectivity index (χ2n) is 7.50. The van der Waals surface area contributed by atoms with Crippen molar-refractivity contribution >= 4 is 11.0 Å². The van der Waals surface area contributed by atoms with Crippen LogP contribution in [0.25, 0.3) is 28.0 Å². The van der Waals surface area contributed by atoms with E-state index in [4.69, 9.17) is 9.84 Å². The number of ether oxygens (including phenoxy) is 1. The summed E-state index contributed by atoms with van der Waals surface area (Å²) in [5, 5.41) is 5.94. The average molecular weight is 386 g/mol. The molecule has 0 saturated heterocycles. The van der Waals surface area contributed by atoms with Crippen LogP contribution in [0.5, 0.6) is 5.75 Å². The van der Waals surface area contributed by atoms with Gasteiger partial charge in [-0.15, -0.1) is 0 Å². The first-order valence-corrected chi connectivity index (χ1v) is 9.90. The molecule has 2 heterocycles. The number of fused-ring (bicyclic) bond motifs is 1. The highest BCUT2D eigenvalue weighted by Gasteiger charge is 2.14. The summed E-state index contributed by atoms with van der Waals surface area (Å²) < 4.78 is 7.78. The van der Waals surface area contributed by atoms with Gasteiger partial charge < -0.3 is 9.64 Å². The maximum atomic E-state index is 5.86. The molecule has 0 aliphatic rings. The number of aryl methyl sites for hydroxylation is 1. The van der Waals surface area contributed by atoms with Crippen LogP contribution in [0.4, 0.5) is 0 Å². The van der Waals surface area contributed by atoms with Crippen LogP contribution in [-0.4, -0.2) is 46.9 Å². The predicted octanol–water partition coefficient (Wildman–Crippen LogP) is 4.73. The Morgan fingerprint density at radius 1 is 1.00 bits per heavy atom. The van der Waals surface area contributed by atoms with Crippen LogP contribution in [0.1, 0.15) is 12.0 Å². The number of hydrogen-bond acceptors (Lipinski definition) is 4. The van der Waals surface area contributed by atoms with Gasteiger partial charge in [0, 0.05) is 23.7 Å². The molecule has 0 aliphatic heterocycles. The third-order valence-electron chi connectivity index (χ3n) is 4.83. The maximum absolute atomic E-state index is 5.86. The largest absolute Gasteiger partial charge is 0.494 e. The first kappa shape index (κ1) is 19.2. The zero-order valence-corrected chi connectivity index (χ0v) is 17.2. The van der Waals surface area contributed by atoms with Gasteiger partial charge in [-0.05, 0) is 81.5 Å². The molecule has 2 aromatic heterocycles. The Bertz CT molecular complexity index is 1100. The van der Waals surface area contributed by atoms with Gasteiger partial charge in [0.15, 0.2) is 5.65 Å². The molecule has 148 valence electrons. The molecular weight excluding hydrogens is 360 g/mol. The average Bonchev–Trinajstić information content (AvgIpc) is 3.11. The van der Waals surface area contributed by atoms with Crippen molar-refractivity contribution in [1.29, 1.82) is 0 Å². The first-order chi connectivity index (χ1) is 14.1. The zero-order chi connectivity index (χ0) is 20.2. The lowest BCUT2D eigenvalue weighted by Gasteiger charge is -2.10. The maximum Gasteiger partial charge on any atom is 0.163 e. The van der Waals surface area contributed by atoms with E-state index in [1.54, 1.807) is 0 Å². The van der Waals surface area contributed by atoms with Gasteiger partial charge in [0.2, 0.25) is 0 Å². The Labute approximate surface area is 171 Å². The molecule has 5 heteroatoms. The first-order valence-electron chi connectivity index (χ1n) is 9.90. The second kappa shape index (κ2) is 8.45. The molecule has 0 aliphatic carbocycles. The molecule has 0 N–H and O–H groups in total. The van der Waals surface area contributed by atoms with E-state index in [0.29, 0.717) is 6.61 Å². The van der Waals surface area contributed by atoms with E-state index in [1.807, 2.05) is 35.1 Å². The summed E-state index contributed by atoms with van der Waals surface area (Å²) in [5.41, 5.74) is 5.04. The Morgan fingerprint density at radius 3 is 2.59 bits per heavy atom. The van der Waals surface area contributed by atoms with Gasteiger partial charge in [-0.1, -0.05) is 12.1 Å². The Kier molecular flexibility index (Phi) is 5.58. The smallest absolute Gasteiger partial charge is 0.163 e. The second-order valence-corrected chi connectivity index (χ2v) is 7.50. The van der Waals surface area contributed by atoms with Crippen LogP contribution in [0.3, 0.4) is 0 Å². The lowest BCUT2D eigenvalue weighted by molar-refractivity contribution is 0.281. The molecule has 4 aromatic rings. The van der Waals surface area contributed by atoms with E-state index in [0.717, 1.165) is 46.7 Å². The summed E-state index contributed by atoms with van der Waals surface area (Å²) in [6, 6.07) is 20.5. The van der Waals surface area contributed by atoms with Crippen LogP contribution in [0.15, 0.2) is 66.9 Å². The lowest BCUT2D eigenvalue weighted by Crippen LogP contribution is -2.15. The number of pyridine rings is 1. The number of benzene rings is 2. The molecule has 0 amide bonds. The molecule has 0 radical (unpaired) electrons. The highest BCUT2D eigenvalue weighted by Crippen LogP contribution is 2.30. The van der Waals surface area contributed by atoms with Crippen molar-refractivity contribution in [2.75, 3.05) is 27.2 Å². The number of rotatable bonds is 7. The minimum atomic E-state index is 0.715. The van der Waals surface area contributed by atoms with Gasteiger partial charge in [0.25, 0.3) is 0 Å². The molecule has 0 bridgehead atoms. The summed E-state index contributed by atoms with van der Waals surface area (Å²) in [6.07, 6.45) is 2.82. The molecular formula is C24H26N4O. The Balaban J connectivity index is 1.63. The van der Waals surface area contributed by atoms with E-state index in [-0.39, 0.29) is 0 Å². The Morgan fingerprint density at radius 2 is 1.83 bits per heavy atom. The van der Waals surface area contributed by atoms with Gasteiger partial charge in [0.05, 0.1) is 12.3 Å². The van der Waals surface area contributed by atoms with Crippen LogP contribution in [0.2, 0.25) is 0 Å². The number of hydrogen-bond donors (Lipinski definition) is 0. The molecule has 0 atom stereocenters. The Hall–Kier alpha value is -3.18. The van der Waals surface area contributed by atoms with Gasteiger partial charge in [-0.2, -0.15) is 5.10 Å². The van der Waals surface area contributed by atoms with Crippen molar-refractivity contribution in [3.05, 3.63) is 72.4 Å². The summed E-state index contributed by atoms with van der Waals surface area (Å²) in [5.74, 6) is 0.882. The van der Waals surface area contributed by atoms with E-state index in [1.165, 1.54) is 5.56 Å². The van der Waals surface area contributed by atoms with Crippen LogP contribution in [-0.2, 0) is 0 Å². The van der Waals surface area contributed by atoms with Gasteiger partial charge in [0.1, 0.15) is 11.4 Å². The summed E-state index contributed by atoms with van der Waals surface area (Å²) in [4.78, 5) is 6.75. The fourth-order valence-corrected chi connectivity index (χ4v) is 3.38. The van der Waals surface area contributed by atoms with E-state index in [2.05, 4.69) is 67.3 Å². The molecule has 0 unspecified atom stereocenters. The SMILES string of the molecule is Cc1cccc(-n2nc(-c3ccc(OCCCN(C)C)cc3)c3cccnc32)c1. The third kappa shape index (κ3) is 4.30. The van der Waals surface area contributed by atoms with Crippen molar-refractivity contribution in [3.63, 3.8) is 0 Å². The zero-order valence-electron chi connectivity index (χ0n) is 17.2. The molecule has 0 fully saturated rings. The van der Waals surface area contributed by atoms with Gasteiger partial charge in [-0.25, -0.2) is 9.67 Å². The topological polar surface area (TPSA) is 43.2 Å². The third-order valence-corrected chi connectivity index (χ3v) is 4.83. The normalized spacial score (nSPS) is 11.3. The monoisotopic (exact) mass is 386 g/mol. The standard InChI is InChI=1S/C24H26N4O/c1-18-7-4-8-20(17-18)28-24-22(9-5-14-25-24)23(26-28)19-10-12-21(13-11-19)29-16-6-15-27(2)3/h4-5,7-14,17H,6,15-16H2,1-3H3. The highest BCUT2D eigenvalue weighted by molar-refractivity contribution is 5.92. The molecule has 5 nitrogen and oxygen atoms in total. The minimum Gasteiger partial charge on any atom is -0.494 e. The highest BCUT2D eigenvalue weighted by atomic mass is 16.5. The van der Waals surface area contributed by atoms with Crippen LogP contribution < -0.4 is 4.74 Å². The minimum absolute atomic E-state index is 0.715. The number of aromatic nitrogens is 3. The molecule has 0 saturated carbocycles. The van der Waals surface area contributed by atoms with Gasteiger partial charge in [-0.3, -0.25) is 0 Å². The van der Waals surface area contributed by atoms with Crippen molar-refractivity contribution < 1.29 is 4.74 Å². The molecule has 2 aromatic carbocycles. The van der Waals surface area contributed by atoms with Crippen molar-refractivity contribution in [2.24, 2.45) is 0 Å². The fraction of sp³-hybridized carbons (Fsp3) is 0.250. The summed E-state index contributed by atoms with van der Waals surface area (Å²) in [7, 11) is 4.15. The molecule has 0 spiro atoms. The number of nitrogens with zero attached hydrogens (tertiary/aromatic N) is 4. The quantitative estimate of drug-likeness (QED) is 0.431. The summed E-state index contributed by atoms with van der Waals surface area (Å²) in [6.45, 7) is 3.82. The van der Waals surface area contributed by atoms with Crippen LogP contribution >= 0.6 is 0 Å². The molecule has 4 rings (SSSR count). The van der Waals surface area contributed by atoms with E-state index >= 15 is 0 Å². The predicted molar refractivity (Wildman–Crippen MR) is 118 cm³/mol. The van der Waals surface area contributed by atoms with E-state index in [9.17, 15) is 0 Å². The van der Waals surface area contributed by atoms with Crippen molar-refractivity contribution in [2.45, 2.75) is 13.3 Å². The molecule has 29 heavy (non-hydrogen) atoms. The van der Waals surface area contributed by atoms with Crippen LogP contribution in [0, 0.1) is 6.92 Å². The summed E-state index contributed by atoms with van der Waals surface area (Å²) >= 11 is 0. The lowest BCUT2D eigenvalue weighted by atomic mass is 10.1.